The van der Waals surface area contributed by atoms with E-state index in [2.05, 4.69) is 5.10 Å². The van der Waals surface area contributed by atoms with Crippen molar-refractivity contribution in [3.8, 4) is 0 Å². The van der Waals surface area contributed by atoms with Crippen LogP contribution in [-0.2, 0) is 0 Å². The lowest BCUT2D eigenvalue weighted by Gasteiger charge is -2.23. The summed E-state index contributed by atoms with van der Waals surface area (Å²) in [6, 6.07) is 7.03. The van der Waals surface area contributed by atoms with Gasteiger partial charge in [0.2, 0.25) is 0 Å². The zero-order valence-corrected chi connectivity index (χ0v) is 12.6. The van der Waals surface area contributed by atoms with Gasteiger partial charge in [-0.3, -0.25) is 9.80 Å². The van der Waals surface area contributed by atoms with E-state index in [1.807, 2.05) is 24.1 Å². The van der Waals surface area contributed by atoms with Crippen molar-refractivity contribution in [2.24, 2.45) is 5.10 Å². The molecule has 3 rings (SSSR count). The second kappa shape index (κ2) is 6.06. The summed E-state index contributed by atoms with van der Waals surface area (Å²) in [7, 11) is 0. The van der Waals surface area contributed by atoms with Crippen molar-refractivity contribution >= 4 is 17.3 Å². The predicted octanol–water partition coefficient (Wildman–Crippen LogP) is 0.840. The molecule has 1 aromatic rings. The summed E-state index contributed by atoms with van der Waals surface area (Å²) in [4.78, 5) is 14.1. The van der Waals surface area contributed by atoms with Gasteiger partial charge in [0.25, 0.3) is 5.91 Å². The molecule has 2 N–H and O–H groups in total. The van der Waals surface area contributed by atoms with E-state index in [-0.39, 0.29) is 25.1 Å². The highest BCUT2D eigenvalue weighted by molar-refractivity contribution is 5.95. The number of carbonyl (C=O) groups is 1. The highest BCUT2D eigenvalue weighted by atomic mass is 16.3. The molecule has 0 spiro atoms. The number of rotatable bonds is 3. The van der Waals surface area contributed by atoms with E-state index in [4.69, 9.17) is 0 Å². The second-order valence-corrected chi connectivity index (χ2v) is 5.94. The Labute approximate surface area is 129 Å². The van der Waals surface area contributed by atoms with Crippen molar-refractivity contribution in [2.75, 3.05) is 24.7 Å². The molecule has 0 unspecified atom stereocenters. The number of aliphatic hydroxyl groups is 2. The van der Waals surface area contributed by atoms with Gasteiger partial charge in [-0.15, -0.1) is 0 Å². The minimum absolute atomic E-state index is 0.122. The highest BCUT2D eigenvalue weighted by Crippen LogP contribution is 2.23. The van der Waals surface area contributed by atoms with Crippen LogP contribution >= 0.6 is 0 Å². The summed E-state index contributed by atoms with van der Waals surface area (Å²) >= 11 is 0. The van der Waals surface area contributed by atoms with Gasteiger partial charge >= 0.3 is 0 Å². The average molecular weight is 303 g/mol. The summed E-state index contributed by atoms with van der Waals surface area (Å²) in [6.45, 7) is 3.03. The van der Waals surface area contributed by atoms with Crippen molar-refractivity contribution in [1.29, 1.82) is 0 Å². The van der Waals surface area contributed by atoms with E-state index in [9.17, 15) is 15.0 Å². The highest BCUT2D eigenvalue weighted by Gasteiger charge is 2.34. The number of amides is 1. The maximum absolute atomic E-state index is 12.5. The average Bonchev–Trinajstić information content (AvgIpc) is 3.12. The van der Waals surface area contributed by atoms with E-state index in [1.54, 1.807) is 17.0 Å². The Kier molecular flexibility index (Phi) is 4.13. The number of hydrogen-bond donors (Lipinski definition) is 2. The predicted molar refractivity (Wildman–Crippen MR) is 84.0 cm³/mol. The fourth-order valence-electron chi connectivity index (χ4n) is 3.02. The molecular formula is C16H21N3O3. The second-order valence-electron chi connectivity index (χ2n) is 5.94. The Bertz CT molecular complexity index is 585. The van der Waals surface area contributed by atoms with Gasteiger partial charge in [-0.2, -0.15) is 5.10 Å². The monoisotopic (exact) mass is 303 g/mol. The number of β-amino-alcohol motifs (C(OH)–C–C–N with tert-alkyl or cyclic N) is 1. The maximum Gasteiger partial charge on any atom is 0.254 e. The topological polar surface area (TPSA) is 76.4 Å². The fraction of sp³-hybridized carbons (Fsp3) is 0.500. The van der Waals surface area contributed by atoms with Crippen LogP contribution < -0.4 is 5.01 Å². The van der Waals surface area contributed by atoms with Gasteiger partial charge < -0.3 is 15.1 Å². The van der Waals surface area contributed by atoms with Gasteiger partial charge in [-0.25, -0.2) is 0 Å². The van der Waals surface area contributed by atoms with E-state index < -0.39 is 6.10 Å². The van der Waals surface area contributed by atoms with Crippen LogP contribution in [0.15, 0.2) is 29.4 Å². The number of nitrogens with zero attached hydrogens (tertiary/aromatic N) is 3. The Balaban J connectivity index is 1.74. The third-order valence-electron chi connectivity index (χ3n) is 4.25. The number of hydrogen-bond acceptors (Lipinski definition) is 5. The zero-order chi connectivity index (χ0) is 15.7. The summed E-state index contributed by atoms with van der Waals surface area (Å²) in [5.41, 5.74) is 2.64. The quantitative estimate of drug-likeness (QED) is 0.867. The number of hydrazone groups is 1. The van der Waals surface area contributed by atoms with Crippen LogP contribution in [0.1, 0.15) is 30.1 Å². The normalized spacial score (nSPS) is 24.8. The molecule has 1 aromatic carbocycles. The van der Waals surface area contributed by atoms with Crippen LogP contribution in [0.2, 0.25) is 0 Å². The van der Waals surface area contributed by atoms with Crippen LogP contribution in [0, 0.1) is 0 Å². The third-order valence-corrected chi connectivity index (χ3v) is 4.25. The number of aliphatic hydroxyl groups excluding tert-OH is 2. The first-order chi connectivity index (χ1) is 10.6. The smallest absolute Gasteiger partial charge is 0.254 e. The molecule has 22 heavy (non-hydrogen) atoms. The van der Waals surface area contributed by atoms with Gasteiger partial charge in [-0.1, -0.05) is 0 Å². The fourth-order valence-corrected chi connectivity index (χ4v) is 3.02. The molecular weight excluding hydrogens is 282 g/mol. The molecule has 0 radical (unpaired) electrons. The lowest BCUT2D eigenvalue weighted by molar-refractivity contribution is 0.0665. The lowest BCUT2D eigenvalue weighted by Crippen LogP contribution is -2.37. The minimum Gasteiger partial charge on any atom is -0.394 e. The largest absolute Gasteiger partial charge is 0.394 e. The number of benzene rings is 1. The molecule has 6 nitrogen and oxygen atoms in total. The zero-order valence-electron chi connectivity index (χ0n) is 12.6. The molecule has 6 heteroatoms. The summed E-state index contributed by atoms with van der Waals surface area (Å²) in [5, 5.41) is 25.4. The van der Waals surface area contributed by atoms with Gasteiger partial charge in [-0.05, 0) is 37.6 Å². The molecule has 0 saturated carbocycles. The molecule has 1 saturated heterocycles. The lowest BCUT2D eigenvalue weighted by atomic mass is 10.1. The first-order valence-electron chi connectivity index (χ1n) is 7.60. The summed E-state index contributed by atoms with van der Waals surface area (Å²) in [5.74, 6) is -0.150. The van der Waals surface area contributed by atoms with E-state index >= 15 is 0 Å². The van der Waals surface area contributed by atoms with E-state index in [1.165, 1.54) is 0 Å². The van der Waals surface area contributed by atoms with E-state index in [0.717, 1.165) is 24.4 Å². The molecule has 0 aromatic heterocycles. The van der Waals surface area contributed by atoms with Crippen molar-refractivity contribution in [2.45, 2.75) is 31.9 Å². The third kappa shape index (κ3) is 2.84. The van der Waals surface area contributed by atoms with Crippen molar-refractivity contribution in [1.82, 2.24) is 4.90 Å². The molecule has 1 fully saturated rings. The Morgan fingerprint density at radius 3 is 2.68 bits per heavy atom. The number of carbonyl (C=O) groups excluding carboxylic acids is 1. The SMILES string of the molecule is CC1=NN(c2ccc(C(=O)N3C[C@H](O)C[C@H]3CO)cc2)CC1. The first-order valence-corrected chi connectivity index (χ1v) is 7.60. The van der Waals surface area contributed by atoms with Gasteiger partial charge in [0.15, 0.2) is 0 Å². The van der Waals surface area contributed by atoms with Crippen LogP contribution in [0.5, 0.6) is 0 Å². The van der Waals surface area contributed by atoms with Crippen molar-refractivity contribution in [3.63, 3.8) is 0 Å². The molecule has 2 atom stereocenters. The van der Waals surface area contributed by atoms with Crippen LogP contribution in [0.4, 0.5) is 5.69 Å². The summed E-state index contributed by atoms with van der Waals surface area (Å²) < 4.78 is 0. The minimum atomic E-state index is -0.553. The molecule has 1 amide bonds. The Morgan fingerprint density at radius 2 is 2.09 bits per heavy atom. The van der Waals surface area contributed by atoms with Gasteiger partial charge in [0.1, 0.15) is 0 Å². The molecule has 0 bridgehead atoms. The number of anilines is 1. The molecule has 2 aliphatic rings. The van der Waals surface area contributed by atoms with Crippen LogP contribution in [0.25, 0.3) is 0 Å². The summed E-state index contributed by atoms with van der Waals surface area (Å²) in [6.07, 6.45) is 0.842. The molecule has 118 valence electrons. The Morgan fingerprint density at radius 1 is 1.36 bits per heavy atom. The first kappa shape index (κ1) is 15.0. The van der Waals surface area contributed by atoms with Crippen molar-refractivity contribution in [3.05, 3.63) is 29.8 Å². The van der Waals surface area contributed by atoms with E-state index in [0.29, 0.717) is 12.0 Å². The maximum atomic E-state index is 12.5. The van der Waals surface area contributed by atoms with Crippen LogP contribution in [0.3, 0.4) is 0 Å². The van der Waals surface area contributed by atoms with Crippen LogP contribution in [-0.4, -0.2) is 58.6 Å². The standard InChI is InChI=1S/C16H21N3O3/c1-11-6-7-19(17-11)13-4-2-12(3-5-13)16(22)18-9-15(21)8-14(18)10-20/h2-5,14-15,20-21H,6-10H2,1H3/t14-,15+/m0/s1. The molecule has 2 heterocycles. The van der Waals surface area contributed by atoms with Gasteiger partial charge in [0.05, 0.1) is 24.4 Å². The number of likely N-dealkylation sites (tertiary alicyclic amines) is 1. The Hall–Kier alpha value is -1.92. The van der Waals surface area contributed by atoms with Gasteiger partial charge in [0, 0.05) is 30.8 Å². The van der Waals surface area contributed by atoms with Crippen molar-refractivity contribution < 1.29 is 15.0 Å². The molecule has 2 aliphatic heterocycles. The molecule has 0 aliphatic carbocycles.